The number of aliphatic hydroxyl groups excluding tert-OH is 1. The molecule has 19 heavy (non-hydrogen) atoms. The summed E-state index contributed by atoms with van der Waals surface area (Å²) < 4.78 is 0. The van der Waals surface area contributed by atoms with Gasteiger partial charge in [0.2, 0.25) is 0 Å². The molecular weight excluding hydrogens is 238 g/mol. The maximum atomic E-state index is 9.74. The molecule has 0 bridgehead atoms. The Kier molecular flexibility index (Phi) is 3.69. The lowest BCUT2D eigenvalue weighted by Gasteiger charge is -2.22. The quantitative estimate of drug-likeness (QED) is 0.827. The summed E-state index contributed by atoms with van der Waals surface area (Å²) in [5.74, 6) is 1.52. The first-order valence-electron chi connectivity index (χ1n) is 7.51. The molecule has 1 saturated heterocycles. The number of rotatable bonds is 2. The van der Waals surface area contributed by atoms with Gasteiger partial charge in [-0.05, 0) is 39.0 Å². The first kappa shape index (κ1) is 12.9. The van der Waals surface area contributed by atoms with Gasteiger partial charge in [-0.1, -0.05) is 6.42 Å². The summed E-state index contributed by atoms with van der Waals surface area (Å²) in [6, 6.07) is 0. The van der Waals surface area contributed by atoms with Crippen LogP contribution in [0.5, 0.6) is 0 Å². The lowest BCUT2D eigenvalue weighted by Crippen LogP contribution is -2.26. The van der Waals surface area contributed by atoms with Crippen molar-refractivity contribution in [3.8, 4) is 0 Å². The maximum Gasteiger partial charge on any atom is 0.135 e. The van der Waals surface area contributed by atoms with Gasteiger partial charge in [-0.15, -0.1) is 0 Å². The van der Waals surface area contributed by atoms with E-state index in [1.54, 1.807) is 6.33 Å². The summed E-state index contributed by atoms with van der Waals surface area (Å²) in [6.45, 7) is 3.84. The van der Waals surface area contributed by atoms with E-state index in [2.05, 4.69) is 14.9 Å². The molecule has 1 aromatic heterocycles. The Hall–Kier alpha value is -1.16. The van der Waals surface area contributed by atoms with Crippen LogP contribution in [0, 0.1) is 5.92 Å². The second kappa shape index (κ2) is 5.45. The van der Waals surface area contributed by atoms with Gasteiger partial charge in [0.25, 0.3) is 0 Å². The van der Waals surface area contributed by atoms with Gasteiger partial charge in [0.1, 0.15) is 12.1 Å². The Morgan fingerprint density at radius 2 is 2.11 bits per heavy atom. The van der Waals surface area contributed by atoms with Crippen LogP contribution in [0.15, 0.2) is 6.33 Å². The van der Waals surface area contributed by atoms with Crippen molar-refractivity contribution in [1.82, 2.24) is 9.97 Å². The number of hydrogen-bond donors (Lipinski definition) is 1. The van der Waals surface area contributed by atoms with Gasteiger partial charge in [0.15, 0.2) is 0 Å². The molecule has 2 atom stereocenters. The molecule has 2 unspecified atom stereocenters. The van der Waals surface area contributed by atoms with E-state index in [0.29, 0.717) is 5.92 Å². The molecule has 0 aromatic carbocycles. The maximum absolute atomic E-state index is 9.74. The van der Waals surface area contributed by atoms with Crippen LogP contribution in [0.4, 0.5) is 5.82 Å². The highest BCUT2D eigenvalue weighted by Gasteiger charge is 2.29. The molecule has 1 aliphatic heterocycles. The van der Waals surface area contributed by atoms with Gasteiger partial charge in [0.05, 0.1) is 6.10 Å². The third-order valence-corrected chi connectivity index (χ3v) is 4.56. The highest BCUT2D eigenvalue weighted by molar-refractivity contribution is 5.50. The Balaban J connectivity index is 1.85. The zero-order valence-corrected chi connectivity index (χ0v) is 11.7. The van der Waals surface area contributed by atoms with Crippen molar-refractivity contribution in [2.24, 2.45) is 5.92 Å². The summed E-state index contributed by atoms with van der Waals surface area (Å²) in [7, 11) is 0. The molecule has 0 radical (unpaired) electrons. The molecule has 0 saturated carbocycles. The van der Waals surface area contributed by atoms with Crippen LogP contribution in [-0.4, -0.2) is 34.3 Å². The molecule has 1 N–H and O–H groups in total. The molecule has 3 rings (SSSR count). The van der Waals surface area contributed by atoms with Gasteiger partial charge in [-0.3, -0.25) is 0 Å². The zero-order valence-electron chi connectivity index (χ0n) is 11.7. The minimum atomic E-state index is -0.217. The third-order valence-electron chi connectivity index (χ3n) is 4.56. The van der Waals surface area contributed by atoms with Crippen LogP contribution in [-0.2, 0) is 12.8 Å². The van der Waals surface area contributed by atoms with Crippen LogP contribution in [0.1, 0.15) is 43.9 Å². The molecular formula is C15H23N3O. The normalized spacial score (nSPS) is 24.9. The van der Waals surface area contributed by atoms with E-state index in [0.717, 1.165) is 38.2 Å². The Labute approximate surface area is 114 Å². The lowest BCUT2D eigenvalue weighted by atomic mass is 10.0. The SMILES string of the molecule is CC(O)C1CCN(c2ncnc3c2CCCCC3)C1. The number of hydrogen-bond acceptors (Lipinski definition) is 4. The van der Waals surface area contributed by atoms with Crippen LogP contribution < -0.4 is 4.90 Å². The first-order valence-corrected chi connectivity index (χ1v) is 7.51. The zero-order chi connectivity index (χ0) is 13.2. The van der Waals surface area contributed by atoms with E-state index < -0.39 is 0 Å². The molecule has 2 aliphatic rings. The molecule has 1 fully saturated rings. The smallest absolute Gasteiger partial charge is 0.135 e. The van der Waals surface area contributed by atoms with E-state index in [9.17, 15) is 5.11 Å². The van der Waals surface area contributed by atoms with E-state index in [1.165, 1.54) is 30.5 Å². The van der Waals surface area contributed by atoms with Crippen LogP contribution >= 0.6 is 0 Å². The molecule has 0 spiro atoms. The van der Waals surface area contributed by atoms with Crippen molar-refractivity contribution in [2.45, 2.75) is 51.6 Å². The van der Waals surface area contributed by atoms with Gasteiger partial charge < -0.3 is 10.0 Å². The van der Waals surface area contributed by atoms with Crippen LogP contribution in [0.25, 0.3) is 0 Å². The predicted molar refractivity (Wildman–Crippen MR) is 75.3 cm³/mol. The third kappa shape index (κ3) is 2.59. The fourth-order valence-corrected chi connectivity index (χ4v) is 3.33. The number of aliphatic hydroxyl groups is 1. The van der Waals surface area contributed by atoms with Crippen molar-refractivity contribution >= 4 is 5.82 Å². The van der Waals surface area contributed by atoms with Crippen molar-refractivity contribution in [2.75, 3.05) is 18.0 Å². The predicted octanol–water partition coefficient (Wildman–Crippen LogP) is 1.95. The number of aryl methyl sites for hydroxylation is 1. The summed E-state index contributed by atoms with van der Waals surface area (Å²) in [4.78, 5) is 11.4. The molecule has 2 heterocycles. The minimum Gasteiger partial charge on any atom is -0.393 e. The number of aromatic nitrogens is 2. The molecule has 0 amide bonds. The second-order valence-electron chi connectivity index (χ2n) is 5.92. The lowest BCUT2D eigenvalue weighted by molar-refractivity contribution is 0.136. The summed E-state index contributed by atoms with van der Waals surface area (Å²) in [6.07, 6.45) is 8.57. The monoisotopic (exact) mass is 261 g/mol. The molecule has 4 heteroatoms. The Bertz CT molecular complexity index is 447. The van der Waals surface area contributed by atoms with Crippen molar-refractivity contribution in [1.29, 1.82) is 0 Å². The number of anilines is 1. The number of fused-ring (bicyclic) bond motifs is 1. The van der Waals surface area contributed by atoms with E-state index >= 15 is 0 Å². The summed E-state index contributed by atoms with van der Waals surface area (Å²) in [5, 5.41) is 9.74. The van der Waals surface area contributed by atoms with E-state index in [4.69, 9.17) is 0 Å². The van der Waals surface area contributed by atoms with E-state index in [1.807, 2.05) is 6.92 Å². The fraction of sp³-hybridized carbons (Fsp3) is 0.733. The average Bonchev–Trinajstić information content (AvgIpc) is 2.77. The van der Waals surface area contributed by atoms with Gasteiger partial charge in [-0.2, -0.15) is 0 Å². The van der Waals surface area contributed by atoms with Gasteiger partial charge >= 0.3 is 0 Å². The van der Waals surface area contributed by atoms with Crippen molar-refractivity contribution in [3.63, 3.8) is 0 Å². The van der Waals surface area contributed by atoms with Crippen molar-refractivity contribution < 1.29 is 5.11 Å². The average molecular weight is 261 g/mol. The molecule has 1 aliphatic carbocycles. The second-order valence-corrected chi connectivity index (χ2v) is 5.92. The molecule has 104 valence electrons. The largest absolute Gasteiger partial charge is 0.393 e. The first-order chi connectivity index (χ1) is 9.25. The molecule has 1 aromatic rings. The summed E-state index contributed by atoms with van der Waals surface area (Å²) in [5.41, 5.74) is 2.62. The van der Waals surface area contributed by atoms with Gasteiger partial charge in [0, 0.05) is 30.3 Å². The van der Waals surface area contributed by atoms with E-state index in [-0.39, 0.29) is 6.10 Å². The topological polar surface area (TPSA) is 49.2 Å². The Morgan fingerprint density at radius 3 is 2.89 bits per heavy atom. The molecule has 4 nitrogen and oxygen atoms in total. The summed E-state index contributed by atoms with van der Waals surface area (Å²) >= 11 is 0. The van der Waals surface area contributed by atoms with Crippen LogP contribution in [0.2, 0.25) is 0 Å². The highest BCUT2D eigenvalue weighted by Crippen LogP contribution is 2.30. The van der Waals surface area contributed by atoms with Crippen LogP contribution in [0.3, 0.4) is 0 Å². The Morgan fingerprint density at radius 1 is 1.26 bits per heavy atom. The number of nitrogens with zero attached hydrogens (tertiary/aromatic N) is 3. The fourth-order valence-electron chi connectivity index (χ4n) is 3.33. The minimum absolute atomic E-state index is 0.217. The highest BCUT2D eigenvalue weighted by atomic mass is 16.3. The standard InChI is InChI=1S/C15H23N3O/c1-11(19)12-7-8-18(9-12)15-13-5-3-2-4-6-14(13)16-10-17-15/h10-12,19H,2-9H2,1H3. The van der Waals surface area contributed by atoms with Gasteiger partial charge in [-0.25, -0.2) is 9.97 Å². The van der Waals surface area contributed by atoms with Crippen molar-refractivity contribution in [3.05, 3.63) is 17.6 Å².